The van der Waals surface area contributed by atoms with Crippen LogP contribution in [0.25, 0.3) is 0 Å². The van der Waals surface area contributed by atoms with Gasteiger partial charge in [-0.05, 0) is 24.6 Å². The van der Waals surface area contributed by atoms with Crippen LogP contribution in [0.15, 0.2) is 18.2 Å². The first kappa shape index (κ1) is 10.8. The molecule has 1 aromatic rings. The maximum atomic E-state index is 13.6. The number of hydrogen-bond donors (Lipinski definition) is 1. The van der Waals surface area contributed by atoms with Gasteiger partial charge in [0, 0.05) is 19.0 Å². The van der Waals surface area contributed by atoms with Crippen LogP contribution in [0.2, 0.25) is 0 Å². The number of benzene rings is 1. The zero-order valence-corrected chi connectivity index (χ0v) is 9.62. The molecule has 92 valence electrons. The summed E-state index contributed by atoms with van der Waals surface area (Å²) in [5.41, 5.74) is 1.21. The van der Waals surface area contributed by atoms with Crippen molar-refractivity contribution < 1.29 is 13.9 Å². The van der Waals surface area contributed by atoms with Gasteiger partial charge in [0.15, 0.2) is 0 Å². The van der Waals surface area contributed by atoms with E-state index in [1.165, 1.54) is 5.56 Å². The van der Waals surface area contributed by atoms with Crippen LogP contribution in [0.1, 0.15) is 12.0 Å². The Morgan fingerprint density at radius 1 is 1.41 bits per heavy atom. The monoisotopic (exact) mass is 237 g/mol. The van der Waals surface area contributed by atoms with Gasteiger partial charge in [0.05, 0.1) is 6.61 Å². The van der Waals surface area contributed by atoms with Crippen LogP contribution in [-0.4, -0.2) is 32.0 Å². The summed E-state index contributed by atoms with van der Waals surface area (Å²) in [5.74, 6) is 1.59. The second-order valence-electron chi connectivity index (χ2n) is 4.53. The van der Waals surface area contributed by atoms with Gasteiger partial charge in [0.25, 0.3) is 0 Å². The van der Waals surface area contributed by atoms with E-state index in [1.54, 1.807) is 0 Å². The van der Waals surface area contributed by atoms with Crippen molar-refractivity contribution in [3.05, 3.63) is 23.8 Å². The average Bonchev–Trinajstić information content (AvgIpc) is 2.79. The molecule has 0 radical (unpaired) electrons. The zero-order valence-electron chi connectivity index (χ0n) is 9.62. The quantitative estimate of drug-likeness (QED) is 0.849. The Morgan fingerprint density at radius 3 is 3.24 bits per heavy atom. The van der Waals surface area contributed by atoms with Crippen LogP contribution in [0.4, 0.5) is 4.39 Å². The molecule has 2 heterocycles. The SMILES string of the molecule is FC1CNCCC1Oc1ccc2c(c1)OCC2. The molecule has 1 aromatic carbocycles. The summed E-state index contributed by atoms with van der Waals surface area (Å²) in [6, 6.07) is 5.78. The van der Waals surface area contributed by atoms with E-state index in [0.29, 0.717) is 18.7 Å². The summed E-state index contributed by atoms with van der Waals surface area (Å²) < 4.78 is 24.8. The van der Waals surface area contributed by atoms with E-state index >= 15 is 0 Å². The van der Waals surface area contributed by atoms with Crippen LogP contribution < -0.4 is 14.8 Å². The Morgan fingerprint density at radius 2 is 2.35 bits per heavy atom. The molecule has 1 fully saturated rings. The highest BCUT2D eigenvalue weighted by molar-refractivity contribution is 5.42. The summed E-state index contributed by atoms with van der Waals surface area (Å²) >= 11 is 0. The molecule has 2 aliphatic rings. The minimum atomic E-state index is -0.932. The Hall–Kier alpha value is -1.29. The minimum absolute atomic E-state index is 0.337. The van der Waals surface area contributed by atoms with E-state index in [2.05, 4.69) is 5.32 Å². The highest BCUT2D eigenvalue weighted by Gasteiger charge is 2.26. The van der Waals surface area contributed by atoms with Crippen molar-refractivity contribution >= 4 is 0 Å². The van der Waals surface area contributed by atoms with Gasteiger partial charge >= 0.3 is 0 Å². The van der Waals surface area contributed by atoms with E-state index < -0.39 is 6.17 Å². The lowest BCUT2D eigenvalue weighted by Gasteiger charge is -2.27. The molecule has 3 rings (SSSR count). The molecule has 0 bridgehead atoms. The van der Waals surface area contributed by atoms with E-state index in [4.69, 9.17) is 9.47 Å². The van der Waals surface area contributed by atoms with Crippen LogP contribution >= 0.6 is 0 Å². The number of halogens is 1. The van der Waals surface area contributed by atoms with E-state index in [-0.39, 0.29) is 6.10 Å². The Labute approximate surface area is 99.9 Å². The molecule has 1 saturated heterocycles. The van der Waals surface area contributed by atoms with Gasteiger partial charge in [-0.3, -0.25) is 0 Å². The summed E-state index contributed by atoms with van der Waals surface area (Å²) in [4.78, 5) is 0. The minimum Gasteiger partial charge on any atom is -0.493 e. The molecule has 0 amide bonds. The maximum absolute atomic E-state index is 13.6. The van der Waals surface area contributed by atoms with Crippen molar-refractivity contribution in [1.29, 1.82) is 0 Å². The normalized spacial score (nSPS) is 27.4. The molecule has 3 nitrogen and oxygen atoms in total. The maximum Gasteiger partial charge on any atom is 0.149 e. The lowest BCUT2D eigenvalue weighted by Crippen LogP contribution is -2.44. The Bertz CT molecular complexity index is 410. The predicted octanol–water partition coefficient (Wildman–Crippen LogP) is 1.70. The van der Waals surface area contributed by atoms with Gasteiger partial charge < -0.3 is 14.8 Å². The lowest BCUT2D eigenvalue weighted by molar-refractivity contribution is 0.0730. The van der Waals surface area contributed by atoms with Crippen molar-refractivity contribution in [3.8, 4) is 11.5 Å². The van der Waals surface area contributed by atoms with Gasteiger partial charge in [0.1, 0.15) is 23.8 Å². The first-order chi connectivity index (χ1) is 8.33. The van der Waals surface area contributed by atoms with E-state index in [0.717, 1.165) is 25.3 Å². The van der Waals surface area contributed by atoms with Crippen molar-refractivity contribution in [3.63, 3.8) is 0 Å². The lowest BCUT2D eigenvalue weighted by atomic mass is 10.1. The van der Waals surface area contributed by atoms with E-state index in [1.807, 2.05) is 18.2 Å². The number of ether oxygens (including phenoxy) is 2. The van der Waals surface area contributed by atoms with E-state index in [9.17, 15) is 4.39 Å². The molecule has 0 aromatic heterocycles. The molecule has 1 N–H and O–H groups in total. The van der Waals surface area contributed by atoms with Gasteiger partial charge in [-0.15, -0.1) is 0 Å². The molecule has 0 spiro atoms. The molecule has 4 heteroatoms. The van der Waals surface area contributed by atoms with Crippen LogP contribution in [0, 0.1) is 0 Å². The second-order valence-corrected chi connectivity index (χ2v) is 4.53. The summed E-state index contributed by atoms with van der Waals surface area (Å²) in [6.45, 7) is 1.93. The van der Waals surface area contributed by atoms with Crippen molar-refractivity contribution in [2.75, 3.05) is 19.7 Å². The third-order valence-electron chi connectivity index (χ3n) is 3.30. The Kier molecular flexibility index (Phi) is 2.89. The topological polar surface area (TPSA) is 30.5 Å². The highest BCUT2D eigenvalue weighted by Crippen LogP contribution is 2.30. The van der Waals surface area contributed by atoms with Crippen LogP contribution in [0.5, 0.6) is 11.5 Å². The third-order valence-corrected chi connectivity index (χ3v) is 3.30. The molecule has 17 heavy (non-hydrogen) atoms. The number of nitrogens with one attached hydrogen (secondary N) is 1. The smallest absolute Gasteiger partial charge is 0.149 e. The second kappa shape index (κ2) is 4.53. The van der Waals surface area contributed by atoms with Crippen molar-refractivity contribution in [1.82, 2.24) is 5.32 Å². The standard InChI is InChI=1S/C13H16FNO2/c14-11-8-15-5-3-12(11)17-10-2-1-9-4-6-16-13(9)7-10/h1-2,7,11-12,15H,3-6,8H2. The summed E-state index contributed by atoms with van der Waals surface area (Å²) in [6.07, 6.45) is 0.391. The summed E-state index contributed by atoms with van der Waals surface area (Å²) in [5, 5.41) is 3.01. The number of hydrogen-bond acceptors (Lipinski definition) is 3. The number of piperidine rings is 1. The van der Waals surface area contributed by atoms with Gasteiger partial charge in [-0.1, -0.05) is 6.07 Å². The van der Waals surface area contributed by atoms with Crippen molar-refractivity contribution in [2.24, 2.45) is 0 Å². The number of fused-ring (bicyclic) bond motifs is 1. The van der Waals surface area contributed by atoms with Crippen molar-refractivity contribution in [2.45, 2.75) is 25.1 Å². The fourth-order valence-corrected chi connectivity index (χ4v) is 2.32. The molecular weight excluding hydrogens is 221 g/mol. The molecule has 2 atom stereocenters. The molecule has 0 aliphatic carbocycles. The van der Waals surface area contributed by atoms with Gasteiger partial charge in [0.2, 0.25) is 0 Å². The first-order valence-electron chi connectivity index (χ1n) is 6.10. The van der Waals surface area contributed by atoms with Gasteiger partial charge in [-0.2, -0.15) is 0 Å². The zero-order chi connectivity index (χ0) is 11.7. The molecule has 0 saturated carbocycles. The van der Waals surface area contributed by atoms with Crippen LogP contribution in [-0.2, 0) is 6.42 Å². The van der Waals surface area contributed by atoms with Gasteiger partial charge in [-0.25, -0.2) is 4.39 Å². The highest BCUT2D eigenvalue weighted by atomic mass is 19.1. The fourth-order valence-electron chi connectivity index (χ4n) is 2.32. The van der Waals surface area contributed by atoms with Crippen LogP contribution in [0.3, 0.4) is 0 Å². The molecule has 2 aliphatic heterocycles. The average molecular weight is 237 g/mol. The number of alkyl halides is 1. The molecule has 2 unspecified atom stereocenters. The third kappa shape index (κ3) is 2.22. The Balaban J connectivity index is 1.72. The summed E-state index contributed by atoms with van der Waals surface area (Å²) in [7, 11) is 0. The number of rotatable bonds is 2. The fraction of sp³-hybridized carbons (Fsp3) is 0.538. The molecular formula is C13H16FNO2. The predicted molar refractivity (Wildman–Crippen MR) is 62.4 cm³/mol. The first-order valence-corrected chi connectivity index (χ1v) is 6.10. The largest absolute Gasteiger partial charge is 0.493 e.